The topological polar surface area (TPSA) is 113 Å². The standard InChI is InChI=1S/2C13H23N3O.Co/c2*1-3-9-14-13(16-15-10-4-2)11-7-5-6-8-12(11)17;/h2*5-8,13-17H,3-4,9-10H2,1-2H3;. The van der Waals surface area contributed by atoms with Crippen molar-refractivity contribution in [3.05, 3.63) is 59.7 Å². The normalized spacial score (nSPS) is 12.2. The predicted molar refractivity (Wildman–Crippen MR) is 141 cm³/mol. The molecule has 0 aliphatic rings. The van der Waals surface area contributed by atoms with Gasteiger partial charge in [0.25, 0.3) is 0 Å². The zero-order valence-electron chi connectivity index (χ0n) is 21.7. The predicted octanol–water partition coefficient (Wildman–Crippen LogP) is 3.79. The van der Waals surface area contributed by atoms with E-state index in [9.17, 15) is 10.2 Å². The van der Waals surface area contributed by atoms with Crippen LogP contribution in [0, 0.1) is 0 Å². The fourth-order valence-corrected chi connectivity index (χ4v) is 3.12. The van der Waals surface area contributed by atoms with Crippen LogP contribution in [0.3, 0.4) is 0 Å². The summed E-state index contributed by atoms with van der Waals surface area (Å²) in [5.41, 5.74) is 14.4. The van der Waals surface area contributed by atoms with Gasteiger partial charge in [0, 0.05) is 41.0 Å². The summed E-state index contributed by atoms with van der Waals surface area (Å²) in [6, 6.07) is 14.8. The summed E-state index contributed by atoms with van der Waals surface area (Å²) >= 11 is 0. The van der Waals surface area contributed by atoms with Gasteiger partial charge in [-0.15, -0.1) is 0 Å². The number of phenols is 2. The van der Waals surface area contributed by atoms with Crippen LogP contribution in [0.4, 0.5) is 0 Å². The van der Waals surface area contributed by atoms with Gasteiger partial charge in [-0.3, -0.25) is 21.5 Å². The van der Waals surface area contributed by atoms with Crippen LogP contribution in [0.15, 0.2) is 48.5 Å². The van der Waals surface area contributed by atoms with Gasteiger partial charge in [-0.25, -0.2) is 10.9 Å². The van der Waals surface area contributed by atoms with Gasteiger partial charge >= 0.3 is 0 Å². The number of phenolic OH excluding ortho intramolecular Hbond substituents is 2. The SMILES string of the molecule is CCCNNC(NCCC)c1ccccc1O.CCCNNC(NCCC)c1ccccc1O.[Co]. The third kappa shape index (κ3) is 13.8. The third-order valence-electron chi connectivity index (χ3n) is 4.94. The quantitative estimate of drug-likeness (QED) is 0.0935. The molecular formula is C26H46CoN6O2. The maximum Gasteiger partial charge on any atom is 0.121 e. The van der Waals surface area contributed by atoms with Crippen molar-refractivity contribution in [3.8, 4) is 11.5 Å². The van der Waals surface area contributed by atoms with Crippen molar-refractivity contribution in [2.45, 2.75) is 65.7 Å². The molecule has 0 bridgehead atoms. The average Bonchev–Trinajstić information content (AvgIpc) is 2.85. The second-order valence-electron chi connectivity index (χ2n) is 8.03. The molecule has 8 N–H and O–H groups in total. The van der Waals surface area contributed by atoms with Crippen LogP contribution < -0.4 is 32.3 Å². The van der Waals surface area contributed by atoms with Gasteiger partial charge in [0.1, 0.15) is 11.5 Å². The molecule has 0 saturated carbocycles. The molecular weight excluding hydrogens is 487 g/mol. The van der Waals surface area contributed by atoms with Crippen molar-refractivity contribution in [1.29, 1.82) is 0 Å². The molecule has 35 heavy (non-hydrogen) atoms. The molecule has 0 aromatic heterocycles. The summed E-state index contributed by atoms with van der Waals surface area (Å²) in [4.78, 5) is 0. The molecule has 0 saturated heterocycles. The number of nitrogens with one attached hydrogen (secondary N) is 6. The zero-order valence-corrected chi connectivity index (χ0v) is 22.7. The minimum Gasteiger partial charge on any atom is -0.508 e. The van der Waals surface area contributed by atoms with E-state index in [4.69, 9.17) is 0 Å². The first-order valence-electron chi connectivity index (χ1n) is 12.6. The number of hydrogen-bond donors (Lipinski definition) is 8. The second kappa shape index (κ2) is 21.6. The van der Waals surface area contributed by atoms with Crippen molar-refractivity contribution < 1.29 is 27.0 Å². The van der Waals surface area contributed by atoms with E-state index in [0.717, 1.165) is 63.0 Å². The molecule has 9 heteroatoms. The Morgan fingerprint density at radius 1 is 0.571 bits per heavy atom. The van der Waals surface area contributed by atoms with Crippen LogP contribution in [-0.4, -0.2) is 36.4 Å². The molecule has 0 fully saturated rings. The maximum atomic E-state index is 9.83. The minimum absolute atomic E-state index is 0. The molecule has 0 aliphatic heterocycles. The van der Waals surface area contributed by atoms with Gasteiger partial charge in [-0.2, -0.15) is 0 Å². The third-order valence-corrected chi connectivity index (χ3v) is 4.94. The number of rotatable bonds is 16. The van der Waals surface area contributed by atoms with Crippen molar-refractivity contribution >= 4 is 0 Å². The first-order valence-corrected chi connectivity index (χ1v) is 12.6. The fraction of sp³-hybridized carbons (Fsp3) is 0.538. The van der Waals surface area contributed by atoms with Crippen LogP contribution in [0.25, 0.3) is 0 Å². The molecule has 2 atom stereocenters. The van der Waals surface area contributed by atoms with Gasteiger partial charge < -0.3 is 10.2 Å². The minimum atomic E-state index is -0.0669. The Labute approximate surface area is 222 Å². The van der Waals surface area contributed by atoms with Crippen LogP contribution in [0.1, 0.15) is 76.8 Å². The average molecular weight is 534 g/mol. The first kappa shape index (κ1) is 33.3. The van der Waals surface area contributed by atoms with Gasteiger partial charge in [0.05, 0.1) is 12.3 Å². The molecule has 0 amide bonds. The van der Waals surface area contributed by atoms with Crippen molar-refractivity contribution in [2.75, 3.05) is 26.2 Å². The number of hydrogen-bond acceptors (Lipinski definition) is 8. The van der Waals surface area contributed by atoms with Crippen LogP contribution in [-0.2, 0) is 16.8 Å². The van der Waals surface area contributed by atoms with E-state index in [-0.39, 0.29) is 29.1 Å². The Morgan fingerprint density at radius 2 is 0.914 bits per heavy atom. The molecule has 0 spiro atoms. The smallest absolute Gasteiger partial charge is 0.121 e. The summed E-state index contributed by atoms with van der Waals surface area (Å²) in [5.74, 6) is 0.624. The Kier molecular flexibility index (Phi) is 20.5. The molecule has 2 aromatic carbocycles. The molecule has 8 nitrogen and oxygen atoms in total. The summed E-state index contributed by atoms with van der Waals surface area (Å²) in [5, 5.41) is 26.4. The van der Waals surface area contributed by atoms with E-state index >= 15 is 0 Å². The first-order chi connectivity index (χ1) is 16.6. The molecule has 2 rings (SSSR count). The summed E-state index contributed by atoms with van der Waals surface area (Å²) in [6.07, 6.45) is 4.10. The fourth-order valence-electron chi connectivity index (χ4n) is 3.12. The van der Waals surface area contributed by atoms with Gasteiger partial charge in [-0.05, 0) is 50.9 Å². The molecule has 2 unspecified atom stereocenters. The van der Waals surface area contributed by atoms with Crippen LogP contribution in [0.5, 0.6) is 11.5 Å². The summed E-state index contributed by atoms with van der Waals surface area (Å²) in [7, 11) is 0. The molecule has 0 aliphatic carbocycles. The van der Waals surface area contributed by atoms with Crippen LogP contribution in [0.2, 0.25) is 0 Å². The maximum absolute atomic E-state index is 9.83. The van der Waals surface area contributed by atoms with Gasteiger partial charge in [-0.1, -0.05) is 64.1 Å². The monoisotopic (exact) mass is 533 g/mol. The molecule has 0 heterocycles. The van der Waals surface area contributed by atoms with Crippen LogP contribution >= 0.6 is 0 Å². The van der Waals surface area contributed by atoms with E-state index < -0.39 is 0 Å². The molecule has 2 aromatic rings. The van der Waals surface area contributed by atoms with Crippen molar-refractivity contribution in [2.24, 2.45) is 0 Å². The number of para-hydroxylation sites is 2. The van der Waals surface area contributed by atoms with Crippen molar-refractivity contribution in [1.82, 2.24) is 32.3 Å². The van der Waals surface area contributed by atoms with E-state index in [2.05, 4.69) is 60.0 Å². The van der Waals surface area contributed by atoms with E-state index in [1.54, 1.807) is 12.1 Å². The van der Waals surface area contributed by atoms with E-state index in [1.165, 1.54) is 0 Å². The second-order valence-corrected chi connectivity index (χ2v) is 8.03. The summed E-state index contributed by atoms with van der Waals surface area (Å²) < 4.78 is 0. The number of aromatic hydroxyl groups is 2. The Bertz CT molecular complexity index is 705. The zero-order chi connectivity index (χ0) is 25.0. The van der Waals surface area contributed by atoms with Gasteiger partial charge in [0.2, 0.25) is 0 Å². The van der Waals surface area contributed by atoms with E-state index in [0.29, 0.717) is 11.5 Å². The Balaban J connectivity index is 0.000000642. The number of benzene rings is 2. The largest absolute Gasteiger partial charge is 0.508 e. The van der Waals surface area contributed by atoms with Gasteiger partial charge in [0.15, 0.2) is 0 Å². The Hall–Kier alpha value is -1.69. The molecule has 201 valence electrons. The summed E-state index contributed by atoms with van der Waals surface area (Å²) in [6.45, 7) is 12.1. The molecule has 1 radical (unpaired) electrons. The Morgan fingerprint density at radius 3 is 1.23 bits per heavy atom. The van der Waals surface area contributed by atoms with Crippen molar-refractivity contribution in [3.63, 3.8) is 0 Å². The van der Waals surface area contributed by atoms with E-state index in [1.807, 2.05) is 36.4 Å². The number of hydrazine groups is 2.